The van der Waals surface area contributed by atoms with Gasteiger partial charge in [0.05, 0.1) is 6.61 Å². The van der Waals surface area contributed by atoms with Crippen molar-refractivity contribution in [1.29, 1.82) is 0 Å². The van der Waals surface area contributed by atoms with Crippen molar-refractivity contribution in [3.63, 3.8) is 0 Å². The van der Waals surface area contributed by atoms with E-state index in [-0.39, 0.29) is 0 Å². The standard InChI is InChI=1S/C18H27NO/c1-3-9-19-18(15-11-13-10-14(13)12-15)16-7-5-6-8-17(16)20-4-2/h5-8,13-15,18-19H,3-4,9-12H2,1-2H3. The van der Waals surface area contributed by atoms with E-state index in [1.807, 2.05) is 0 Å². The summed E-state index contributed by atoms with van der Waals surface area (Å²) in [5.41, 5.74) is 1.37. The quantitative estimate of drug-likeness (QED) is 0.805. The predicted octanol–water partition coefficient (Wildman–Crippen LogP) is 4.17. The normalized spacial score (nSPS) is 29.0. The Balaban J connectivity index is 1.80. The van der Waals surface area contributed by atoms with Gasteiger partial charge < -0.3 is 10.1 Å². The van der Waals surface area contributed by atoms with Gasteiger partial charge >= 0.3 is 0 Å². The molecule has 0 radical (unpaired) electrons. The molecule has 110 valence electrons. The summed E-state index contributed by atoms with van der Waals surface area (Å²) < 4.78 is 5.86. The van der Waals surface area contributed by atoms with Crippen LogP contribution in [0.2, 0.25) is 0 Å². The molecule has 2 fully saturated rings. The third-order valence-electron chi connectivity index (χ3n) is 4.92. The van der Waals surface area contributed by atoms with Crippen molar-refractivity contribution in [2.75, 3.05) is 13.2 Å². The summed E-state index contributed by atoms with van der Waals surface area (Å²) in [5.74, 6) is 3.94. The first kappa shape index (κ1) is 13.9. The smallest absolute Gasteiger partial charge is 0.124 e. The molecule has 1 aromatic rings. The third kappa shape index (κ3) is 2.85. The van der Waals surface area contributed by atoms with Crippen molar-refractivity contribution >= 4 is 0 Å². The van der Waals surface area contributed by atoms with Crippen molar-refractivity contribution < 1.29 is 4.74 Å². The predicted molar refractivity (Wildman–Crippen MR) is 83.0 cm³/mol. The topological polar surface area (TPSA) is 21.3 Å². The lowest BCUT2D eigenvalue weighted by molar-refractivity contribution is 0.305. The highest BCUT2D eigenvalue weighted by Crippen LogP contribution is 2.57. The second-order valence-electron chi connectivity index (χ2n) is 6.39. The molecule has 2 aliphatic carbocycles. The van der Waals surface area contributed by atoms with Gasteiger partial charge in [-0.25, -0.2) is 0 Å². The van der Waals surface area contributed by atoms with Gasteiger partial charge in [-0.05, 0) is 63.0 Å². The molecule has 2 heteroatoms. The van der Waals surface area contributed by atoms with Crippen molar-refractivity contribution in [3.05, 3.63) is 29.8 Å². The Labute approximate surface area is 122 Å². The summed E-state index contributed by atoms with van der Waals surface area (Å²) in [6.07, 6.45) is 5.50. The SMILES string of the molecule is CCCNC(c1ccccc1OCC)C1CC2CC2C1. The summed E-state index contributed by atoms with van der Waals surface area (Å²) in [4.78, 5) is 0. The monoisotopic (exact) mass is 273 g/mol. The van der Waals surface area contributed by atoms with Gasteiger partial charge in [-0.1, -0.05) is 25.1 Å². The van der Waals surface area contributed by atoms with E-state index in [9.17, 15) is 0 Å². The number of hydrogen-bond acceptors (Lipinski definition) is 2. The van der Waals surface area contributed by atoms with E-state index in [0.29, 0.717) is 6.04 Å². The van der Waals surface area contributed by atoms with Gasteiger partial charge in [-0.3, -0.25) is 0 Å². The fourth-order valence-electron chi connectivity index (χ4n) is 3.89. The molecule has 2 aliphatic rings. The Morgan fingerprint density at radius 2 is 1.90 bits per heavy atom. The zero-order valence-electron chi connectivity index (χ0n) is 12.8. The molecule has 0 aliphatic heterocycles. The Kier molecular flexibility index (Phi) is 4.30. The fraction of sp³-hybridized carbons (Fsp3) is 0.667. The van der Waals surface area contributed by atoms with Gasteiger partial charge in [0.1, 0.15) is 5.75 Å². The molecule has 2 saturated carbocycles. The molecule has 0 heterocycles. The molecule has 20 heavy (non-hydrogen) atoms. The van der Waals surface area contributed by atoms with E-state index in [1.54, 1.807) is 0 Å². The molecule has 0 bridgehead atoms. The number of para-hydroxylation sites is 1. The van der Waals surface area contributed by atoms with Crippen molar-refractivity contribution in [1.82, 2.24) is 5.32 Å². The van der Waals surface area contributed by atoms with E-state index >= 15 is 0 Å². The molecule has 1 N–H and O–H groups in total. The number of fused-ring (bicyclic) bond motifs is 1. The van der Waals surface area contributed by atoms with Crippen LogP contribution in [-0.4, -0.2) is 13.2 Å². The van der Waals surface area contributed by atoms with Crippen LogP contribution >= 0.6 is 0 Å². The minimum Gasteiger partial charge on any atom is -0.494 e. The van der Waals surface area contributed by atoms with Gasteiger partial charge in [-0.2, -0.15) is 0 Å². The van der Waals surface area contributed by atoms with Crippen LogP contribution in [0.3, 0.4) is 0 Å². The lowest BCUT2D eigenvalue weighted by atomic mass is 9.88. The first-order valence-corrected chi connectivity index (χ1v) is 8.28. The molecular formula is C18H27NO. The number of rotatable bonds is 7. The number of benzene rings is 1. The van der Waals surface area contributed by atoms with Crippen LogP contribution in [0.4, 0.5) is 0 Å². The van der Waals surface area contributed by atoms with Crippen molar-refractivity contribution in [2.45, 2.75) is 45.6 Å². The molecule has 3 rings (SSSR count). The van der Waals surface area contributed by atoms with E-state index in [4.69, 9.17) is 4.74 Å². The highest BCUT2D eigenvalue weighted by molar-refractivity contribution is 5.36. The molecular weight excluding hydrogens is 246 g/mol. The maximum atomic E-state index is 5.86. The number of ether oxygens (including phenoxy) is 1. The van der Waals surface area contributed by atoms with Crippen molar-refractivity contribution in [3.8, 4) is 5.75 Å². The first-order valence-electron chi connectivity index (χ1n) is 8.28. The Morgan fingerprint density at radius 3 is 2.60 bits per heavy atom. The summed E-state index contributed by atoms with van der Waals surface area (Å²) in [6.45, 7) is 6.14. The van der Waals surface area contributed by atoms with Crippen LogP contribution in [0, 0.1) is 17.8 Å². The molecule has 3 unspecified atom stereocenters. The number of hydrogen-bond donors (Lipinski definition) is 1. The fourth-order valence-corrected chi connectivity index (χ4v) is 3.89. The Morgan fingerprint density at radius 1 is 1.15 bits per heavy atom. The lowest BCUT2D eigenvalue weighted by Crippen LogP contribution is -2.29. The summed E-state index contributed by atoms with van der Waals surface area (Å²) in [5, 5.41) is 3.79. The van der Waals surface area contributed by atoms with Crippen LogP contribution in [0.25, 0.3) is 0 Å². The van der Waals surface area contributed by atoms with Crippen LogP contribution < -0.4 is 10.1 Å². The molecule has 3 atom stereocenters. The molecule has 0 aromatic heterocycles. The van der Waals surface area contributed by atoms with Crippen LogP contribution in [0.5, 0.6) is 5.75 Å². The summed E-state index contributed by atoms with van der Waals surface area (Å²) in [7, 11) is 0. The van der Waals surface area contributed by atoms with E-state index in [1.165, 1.54) is 31.2 Å². The van der Waals surface area contributed by atoms with Crippen LogP contribution in [-0.2, 0) is 0 Å². The van der Waals surface area contributed by atoms with Gasteiger partial charge in [-0.15, -0.1) is 0 Å². The van der Waals surface area contributed by atoms with Gasteiger partial charge in [0, 0.05) is 11.6 Å². The number of nitrogens with one attached hydrogen (secondary N) is 1. The van der Waals surface area contributed by atoms with E-state index < -0.39 is 0 Å². The van der Waals surface area contributed by atoms with E-state index in [0.717, 1.165) is 36.7 Å². The molecule has 0 spiro atoms. The van der Waals surface area contributed by atoms with Crippen LogP contribution in [0.1, 0.15) is 51.1 Å². The van der Waals surface area contributed by atoms with Gasteiger partial charge in [0.2, 0.25) is 0 Å². The largest absolute Gasteiger partial charge is 0.494 e. The molecule has 0 amide bonds. The lowest BCUT2D eigenvalue weighted by Gasteiger charge is -2.28. The maximum absolute atomic E-state index is 5.86. The Bertz CT molecular complexity index is 435. The van der Waals surface area contributed by atoms with Gasteiger partial charge in [0.15, 0.2) is 0 Å². The minimum absolute atomic E-state index is 0.477. The minimum atomic E-state index is 0.477. The van der Waals surface area contributed by atoms with E-state index in [2.05, 4.69) is 43.4 Å². The molecule has 1 aromatic carbocycles. The zero-order valence-corrected chi connectivity index (χ0v) is 12.8. The molecule has 2 nitrogen and oxygen atoms in total. The second-order valence-corrected chi connectivity index (χ2v) is 6.39. The third-order valence-corrected chi connectivity index (χ3v) is 4.92. The van der Waals surface area contributed by atoms with Crippen molar-refractivity contribution in [2.24, 2.45) is 17.8 Å². The first-order chi connectivity index (χ1) is 9.83. The average molecular weight is 273 g/mol. The zero-order chi connectivity index (χ0) is 13.9. The molecule has 0 saturated heterocycles. The van der Waals surface area contributed by atoms with Gasteiger partial charge in [0.25, 0.3) is 0 Å². The maximum Gasteiger partial charge on any atom is 0.124 e. The average Bonchev–Trinajstić information content (AvgIpc) is 3.08. The van der Waals surface area contributed by atoms with Crippen LogP contribution in [0.15, 0.2) is 24.3 Å². The highest BCUT2D eigenvalue weighted by Gasteiger charge is 2.48. The highest BCUT2D eigenvalue weighted by atomic mass is 16.5. The summed E-state index contributed by atoms with van der Waals surface area (Å²) in [6, 6.07) is 9.08. The Hall–Kier alpha value is -1.02. The second kappa shape index (κ2) is 6.17. The summed E-state index contributed by atoms with van der Waals surface area (Å²) >= 11 is 0.